The highest BCUT2D eigenvalue weighted by atomic mass is 32.2. The lowest BCUT2D eigenvalue weighted by Gasteiger charge is -2.18. The zero-order valence-corrected chi connectivity index (χ0v) is 20.9. The predicted molar refractivity (Wildman–Crippen MR) is 137 cm³/mol. The molecule has 0 bridgehead atoms. The summed E-state index contributed by atoms with van der Waals surface area (Å²) >= 11 is 0. The predicted octanol–water partition coefficient (Wildman–Crippen LogP) is 4.85. The van der Waals surface area contributed by atoms with E-state index in [2.05, 4.69) is 5.32 Å². The summed E-state index contributed by atoms with van der Waals surface area (Å²) in [4.78, 5) is 13.7. The van der Waals surface area contributed by atoms with E-state index in [1.54, 1.807) is 16.4 Å². The maximum atomic E-state index is 13.4. The number of rotatable bonds is 6. The number of nitrogens with zero attached hydrogens (tertiary/aromatic N) is 1. The number of fused-ring (bicyclic) bond motifs is 1. The maximum absolute atomic E-state index is 13.4. The van der Waals surface area contributed by atoms with Gasteiger partial charge in [0.25, 0.3) is 0 Å². The third kappa shape index (κ3) is 3.94. The lowest BCUT2D eigenvalue weighted by molar-refractivity contribution is -0.118. The van der Waals surface area contributed by atoms with Gasteiger partial charge < -0.3 is 14.8 Å². The van der Waals surface area contributed by atoms with E-state index in [1.165, 1.54) is 0 Å². The molecule has 6 rings (SSSR count). The number of sulfonamides is 1. The van der Waals surface area contributed by atoms with Crippen molar-refractivity contribution < 1.29 is 22.7 Å². The molecule has 0 unspecified atom stereocenters. The molecule has 186 valence electrons. The molecule has 3 aromatic carbocycles. The van der Waals surface area contributed by atoms with E-state index in [0.717, 1.165) is 47.9 Å². The molecule has 0 atom stereocenters. The molecule has 1 aliphatic carbocycles. The van der Waals surface area contributed by atoms with E-state index in [9.17, 15) is 13.2 Å². The van der Waals surface area contributed by atoms with Crippen molar-refractivity contribution >= 4 is 21.6 Å². The highest BCUT2D eigenvalue weighted by Crippen LogP contribution is 2.51. The van der Waals surface area contributed by atoms with Crippen molar-refractivity contribution in [3.05, 3.63) is 71.8 Å². The molecule has 2 aliphatic heterocycles. The molecule has 8 heteroatoms. The number of benzene rings is 3. The summed E-state index contributed by atoms with van der Waals surface area (Å²) in [6, 6.07) is 18.6. The Labute approximate surface area is 211 Å². The van der Waals surface area contributed by atoms with Gasteiger partial charge in [0, 0.05) is 18.8 Å². The van der Waals surface area contributed by atoms with Crippen molar-refractivity contribution in [2.24, 2.45) is 0 Å². The second kappa shape index (κ2) is 8.64. The molecular weight excluding hydrogens is 476 g/mol. The second-order valence-electron chi connectivity index (χ2n) is 9.77. The second-order valence-corrected chi connectivity index (χ2v) is 11.7. The Morgan fingerprint density at radius 1 is 0.917 bits per heavy atom. The van der Waals surface area contributed by atoms with Gasteiger partial charge in [-0.2, -0.15) is 4.31 Å². The molecule has 2 fully saturated rings. The van der Waals surface area contributed by atoms with Crippen LogP contribution in [0.4, 0.5) is 5.69 Å². The first-order valence-corrected chi connectivity index (χ1v) is 13.7. The van der Waals surface area contributed by atoms with Gasteiger partial charge in [-0.1, -0.05) is 24.3 Å². The average Bonchev–Trinajstić information content (AvgIpc) is 3.27. The van der Waals surface area contributed by atoms with Crippen LogP contribution >= 0.6 is 0 Å². The number of ether oxygens (including phenoxy) is 2. The molecule has 36 heavy (non-hydrogen) atoms. The van der Waals surface area contributed by atoms with Gasteiger partial charge in [-0.3, -0.25) is 4.79 Å². The van der Waals surface area contributed by atoms with Gasteiger partial charge in [-0.05, 0) is 91.3 Å². The number of nitrogens with one attached hydrogen (secondary N) is 1. The Bertz CT molecular complexity index is 1440. The minimum atomic E-state index is -3.45. The zero-order chi connectivity index (χ0) is 24.9. The molecule has 2 heterocycles. The number of amides is 1. The van der Waals surface area contributed by atoms with E-state index in [1.807, 2.05) is 55.5 Å². The fourth-order valence-corrected chi connectivity index (χ4v) is 6.63. The van der Waals surface area contributed by atoms with Gasteiger partial charge in [0.2, 0.25) is 22.7 Å². The highest BCUT2D eigenvalue weighted by molar-refractivity contribution is 7.89. The normalized spacial score (nSPS) is 18.2. The van der Waals surface area contributed by atoms with Gasteiger partial charge >= 0.3 is 0 Å². The van der Waals surface area contributed by atoms with Crippen molar-refractivity contribution in [2.45, 2.75) is 42.9 Å². The first-order valence-electron chi connectivity index (χ1n) is 12.3. The zero-order valence-electron chi connectivity index (χ0n) is 20.1. The monoisotopic (exact) mass is 504 g/mol. The van der Waals surface area contributed by atoms with E-state index < -0.39 is 15.4 Å². The molecule has 7 nitrogen and oxygen atoms in total. The topological polar surface area (TPSA) is 84.9 Å². The fourth-order valence-electron chi connectivity index (χ4n) is 5.11. The molecule has 0 radical (unpaired) electrons. The van der Waals surface area contributed by atoms with Crippen LogP contribution < -0.4 is 14.8 Å². The largest absolute Gasteiger partial charge is 0.454 e. The lowest BCUT2D eigenvalue weighted by atomic mass is 9.94. The van der Waals surface area contributed by atoms with E-state index in [0.29, 0.717) is 35.2 Å². The molecule has 1 amide bonds. The van der Waals surface area contributed by atoms with Crippen molar-refractivity contribution in [1.29, 1.82) is 0 Å². The summed E-state index contributed by atoms with van der Waals surface area (Å²) in [5.74, 6) is 1.35. The van der Waals surface area contributed by atoms with E-state index in [4.69, 9.17) is 9.47 Å². The summed E-state index contributed by atoms with van der Waals surface area (Å²) < 4.78 is 38.2. The molecule has 1 saturated carbocycles. The smallest absolute Gasteiger partial charge is 0.243 e. The number of carbonyl (C=O) groups excluding carboxylic acids is 1. The molecular formula is C28H28N2O5S. The molecule has 0 spiro atoms. The van der Waals surface area contributed by atoms with Gasteiger partial charge in [-0.25, -0.2) is 8.42 Å². The Kier molecular flexibility index (Phi) is 5.53. The van der Waals surface area contributed by atoms with Crippen LogP contribution in [0.15, 0.2) is 65.6 Å². The average molecular weight is 505 g/mol. The van der Waals surface area contributed by atoms with Crippen molar-refractivity contribution in [3.8, 4) is 22.6 Å². The SMILES string of the molecule is Cc1ccc(NC(=O)C2(c3ccc4c(c3)OCO4)CC2)cc1-c1ccc(S(=O)(=O)N2CCCC2)cc1. The Morgan fingerprint density at radius 3 is 2.36 bits per heavy atom. The number of aryl methyl sites for hydroxylation is 1. The van der Waals surface area contributed by atoms with E-state index >= 15 is 0 Å². The number of carbonyl (C=O) groups is 1. The summed E-state index contributed by atoms with van der Waals surface area (Å²) in [7, 11) is -3.45. The van der Waals surface area contributed by atoms with Crippen molar-refractivity contribution in [2.75, 3.05) is 25.2 Å². The summed E-state index contributed by atoms with van der Waals surface area (Å²) in [6.45, 7) is 3.37. The number of anilines is 1. The Balaban J connectivity index is 1.23. The van der Waals surface area contributed by atoms with Gasteiger partial charge in [0.15, 0.2) is 11.5 Å². The fraction of sp³-hybridized carbons (Fsp3) is 0.321. The lowest BCUT2D eigenvalue weighted by Crippen LogP contribution is -2.27. The highest BCUT2D eigenvalue weighted by Gasteiger charge is 2.51. The molecule has 1 N–H and O–H groups in total. The standard InChI is InChI=1S/C28H28N2O5S/c1-19-4-8-22(29-27(31)28(12-13-28)21-7-11-25-26(16-21)35-18-34-25)17-24(19)20-5-9-23(10-6-20)36(32,33)30-14-2-3-15-30/h4-11,16-17H,2-3,12-15,18H2,1H3,(H,29,31). The maximum Gasteiger partial charge on any atom is 0.243 e. The number of hydrogen-bond donors (Lipinski definition) is 1. The van der Waals surface area contributed by atoms with Gasteiger partial charge in [0.05, 0.1) is 10.3 Å². The van der Waals surface area contributed by atoms with Crippen LogP contribution in [0.1, 0.15) is 36.8 Å². The number of hydrogen-bond acceptors (Lipinski definition) is 5. The van der Waals surface area contributed by atoms with Crippen molar-refractivity contribution in [1.82, 2.24) is 4.31 Å². The summed E-state index contributed by atoms with van der Waals surface area (Å²) in [6.07, 6.45) is 3.38. The molecule has 3 aromatic rings. The van der Waals surface area contributed by atoms with Crippen molar-refractivity contribution in [3.63, 3.8) is 0 Å². The molecule has 1 saturated heterocycles. The minimum Gasteiger partial charge on any atom is -0.454 e. The minimum absolute atomic E-state index is 0.0387. The summed E-state index contributed by atoms with van der Waals surface area (Å²) in [5.41, 5.74) is 3.98. The first-order chi connectivity index (χ1) is 17.4. The van der Waals surface area contributed by atoms with Crippen LogP contribution in [0, 0.1) is 6.92 Å². The third-order valence-corrected chi connectivity index (χ3v) is 9.39. The molecule has 3 aliphatic rings. The van der Waals surface area contributed by atoms with Crippen LogP contribution in [-0.4, -0.2) is 38.5 Å². The third-order valence-electron chi connectivity index (χ3n) is 7.47. The van der Waals surface area contributed by atoms with Crippen LogP contribution in [0.3, 0.4) is 0 Å². The van der Waals surface area contributed by atoms with Gasteiger partial charge in [-0.15, -0.1) is 0 Å². The quantitative estimate of drug-likeness (QED) is 0.519. The first kappa shape index (κ1) is 23.1. The van der Waals surface area contributed by atoms with E-state index in [-0.39, 0.29) is 12.7 Å². The van der Waals surface area contributed by atoms with Crippen LogP contribution in [0.25, 0.3) is 11.1 Å². The summed E-state index contributed by atoms with van der Waals surface area (Å²) in [5, 5.41) is 3.11. The molecule has 0 aromatic heterocycles. The Hall–Kier alpha value is -3.36. The van der Waals surface area contributed by atoms with Crippen LogP contribution in [0.5, 0.6) is 11.5 Å². The van der Waals surface area contributed by atoms with Crippen LogP contribution in [-0.2, 0) is 20.2 Å². The van der Waals surface area contributed by atoms with Gasteiger partial charge in [0.1, 0.15) is 0 Å². The van der Waals surface area contributed by atoms with Crippen LogP contribution in [0.2, 0.25) is 0 Å². The Morgan fingerprint density at radius 2 is 1.64 bits per heavy atom.